The van der Waals surface area contributed by atoms with Crippen LogP contribution < -0.4 is 0 Å². The number of amides is 3. The first-order chi connectivity index (χ1) is 12.1. The summed E-state index contributed by atoms with van der Waals surface area (Å²) in [5.74, 6) is -0.706. The fourth-order valence-corrected chi connectivity index (χ4v) is 3.13. The van der Waals surface area contributed by atoms with Crippen molar-refractivity contribution in [2.24, 2.45) is 0 Å². The van der Waals surface area contributed by atoms with Gasteiger partial charge in [-0.15, -0.1) is 0 Å². The summed E-state index contributed by atoms with van der Waals surface area (Å²) in [7, 11) is 0. The molecule has 0 aliphatic carbocycles. The lowest BCUT2D eigenvalue weighted by Crippen LogP contribution is -2.49. The van der Waals surface area contributed by atoms with Crippen LogP contribution in [0, 0.1) is 0 Å². The Morgan fingerprint density at radius 2 is 1.68 bits per heavy atom. The van der Waals surface area contributed by atoms with Gasteiger partial charge in [0.25, 0.3) is 5.91 Å². The molecule has 136 valence electrons. The molecule has 1 fully saturated rings. The largest absolute Gasteiger partial charge is 0.341 e. The molecule has 0 saturated carbocycles. The topological polar surface area (TPSA) is 57.7 Å². The van der Waals surface area contributed by atoms with E-state index in [2.05, 4.69) is 13.8 Å². The molecule has 25 heavy (non-hydrogen) atoms. The zero-order valence-electron chi connectivity index (χ0n) is 15.2. The maximum Gasteiger partial charge on any atom is 0.261 e. The highest BCUT2D eigenvalue weighted by Gasteiger charge is 2.41. The van der Waals surface area contributed by atoms with Crippen LogP contribution in [-0.4, -0.2) is 46.7 Å². The zero-order chi connectivity index (χ0) is 18.2. The molecule has 1 saturated heterocycles. The number of hydrogen-bond acceptors (Lipinski definition) is 3. The fraction of sp³-hybridized carbons (Fsp3) is 0.550. The Kier molecular flexibility index (Phi) is 7.16. The molecule has 1 unspecified atom stereocenters. The van der Waals surface area contributed by atoms with E-state index in [0.29, 0.717) is 25.1 Å². The van der Waals surface area contributed by atoms with Crippen LogP contribution in [0.15, 0.2) is 30.3 Å². The SMILES string of the molecule is CCCCN(CCCC)C(=O)C1CCC(=O)N1C(=O)c1ccccc1. The van der Waals surface area contributed by atoms with E-state index in [9.17, 15) is 14.4 Å². The van der Waals surface area contributed by atoms with Crippen molar-refractivity contribution in [1.82, 2.24) is 9.80 Å². The van der Waals surface area contributed by atoms with Crippen molar-refractivity contribution in [2.75, 3.05) is 13.1 Å². The molecule has 1 aliphatic rings. The quantitative estimate of drug-likeness (QED) is 0.680. The van der Waals surface area contributed by atoms with Gasteiger partial charge in [0, 0.05) is 25.1 Å². The van der Waals surface area contributed by atoms with Crippen LogP contribution >= 0.6 is 0 Å². The van der Waals surface area contributed by atoms with Crippen LogP contribution in [0.1, 0.15) is 62.7 Å². The molecule has 0 aromatic heterocycles. The van der Waals surface area contributed by atoms with Crippen LogP contribution in [0.25, 0.3) is 0 Å². The van der Waals surface area contributed by atoms with E-state index in [1.807, 2.05) is 11.0 Å². The van der Waals surface area contributed by atoms with E-state index in [1.165, 1.54) is 4.90 Å². The van der Waals surface area contributed by atoms with Crippen LogP contribution in [0.2, 0.25) is 0 Å². The average Bonchev–Trinajstić information content (AvgIpc) is 3.03. The summed E-state index contributed by atoms with van der Waals surface area (Å²) in [6.07, 6.45) is 4.55. The third-order valence-electron chi connectivity index (χ3n) is 4.61. The molecule has 3 amide bonds. The molecule has 1 aliphatic heterocycles. The number of imide groups is 1. The summed E-state index contributed by atoms with van der Waals surface area (Å²) >= 11 is 0. The Bertz CT molecular complexity index is 592. The van der Waals surface area contributed by atoms with E-state index in [1.54, 1.807) is 24.3 Å². The van der Waals surface area contributed by atoms with E-state index in [-0.39, 0.29) is 24.1 Å². The molecule has 0 radical (unpaired) electrons. The molecular weight excluding hydrogens is 316 g/mol. The highest BCUT2D eigenvalue weighted by molar-refractivity contribution is 6.09. The highest BCUT2D eigenvalue weighted by Crippen LogP contribution is 2.23. The standard InChI is InChI=1S/C20H28N2O3/c1-3-5-14-21(15-6-4-2)20(25)17-12-13-18(23)22(17)19(24)16-10-8-7-9-11-16/h7-11,17H,3-6,12-15H2,1-2H3. The number of rotatable bonds is 8. The molecule has 0 bridgehead atoms. The first kappa shape index (κ1) is 19.2. The first-order valence-corrected chi connectivity index (χ1v) is 9.30. The van der Waals surface area contributed by atoms with Crippen molar-refractivity contribution in [3.63, 3.8) is 0 Å². The number of nitrogens with zero attached hydrogens (tertiary/aromatic N) is 2. The van der Waals surface area contributed by atoms with E-state index < -0.39 is 6.04 Å². The molecular formula is C20H28N2O3. The van der Waals surface area contributed by atoms with Crippen molar-refractivity contribution in [1.29, 1.82) is 0 Å². The van der Waals surface area contributed by atoms with Gasteiger partial charge in [0.15, 0.2) is 0 Å². The second kappa shape index (κ2) is 9.35. The molecule has 2 rings (SSSR count). The minimum atomic E-state index is -0.658. The van der Waals surface area contributed by atoms with Gasteiger partial charge in [-0.1, -0.05) is 44.9 Å². The number of hydrogen-bond donors (Lipinski definition) is 0. The van der Waals surface area contributed by atoms with Crippen molar-refractivity contribution in [3.05, 3.63) is 35.9 Å². The van der Waals surface area contributed by atoms with Crippen LogP contribution in [0.4, 0.5) is 0 Å². The van der Waals surface area contributed by atoms with Gasteiger partial charge < -0.3 is 4.90 Å². The summed E-state index contributed by atoms with van der Waals surface area (Å²) in [6.45, 7) is 5.56. The average molecular weight is 344 g/mol. The Labute approximate surface area is 150 Å². The minimum Gasteiger partial charge on any atom is -0.341 e. The van der Waals surface area contributed by atoms with E-state index in [4.69, 9.17) is 0 Å². The predicted molar refractivity (Wildman–Crippen MR) is 97.0 cm³/mol. The van der Waals surface area contributed by atoms with Gasteiger partial charge in [0.2, 0.25) is 11.8 Å². The normalized spacial score (nSPS) is 17.0. The minimum absolute atomic E-state index is 0.0861. The van der Waals surface area contributed by atoms with Crippen molar-refractivity contribution < 1.29 is 14.4 Å². The summed E-state index contributed by atoms with van der Waals surface area (Å²) in [4.78, 5) is 41.1. The van der Waals surface area contributed by atoms with Gasteiger partial charge >= 0.3 is 0 Å². The molecule has 5 nitrogen and oxygen atoms in total. The lowest BCUT2D eigenvalue weighted by atomic mass is 10.1. The summed E-state index contributed by atoms with van der Waals surface area (Å²) in [6, 6.07) is 8.05. The van der Waals surface area contributed by atoms with Crippen molar-refractivity contribution in [2.45, 2.75) is 58.4 Å². The van der Waals surface area contributed by atoms with Gasteiger partial charge in [-0.25, -0.2) is 0 Å². The fourth-order valence-electron chi connectivity index (χ4n) is 3.13. The Morgan fingerprint density at radius 1 is 1.08 bits per heavy atom. The van der Waals surface area contributed by atoms with Crippen LogP contribution in [-0.2, 0) is 9.59 Å². The summed E-state index contributed by atoms with van der Waals surface area (Å²) < 4.78 is 0. The first-order valence-electron chi connectivity index (χ1n) is 9.30. The monoisotopic (exact) mass is 344 g/mol. The molecule has 0 N–H and O–H groups in total. The van der Waals surface area contributed by atoms with Crippen molar-refractivity contribution >= 4 is 17.7 Å². The third-order valence-corrected chi connectivity index (χ3v) is 4.61. The lowest BCUT2D eigenvalue weighted by Gasteiger charge is -2.29. The number of carbonyl (C=O) groups excluding carboxylic acids is 3. The van der Waals surface area contributed by atoms with Gasteiger partial charge in [-0.05, 0) is 31.4 Å². The van der Waals surface area contributed by atoms with Gasteiger partial charge in [0.05, 0.1) is 0 Å². The number of carbonyl (C=O) groups is 3. The zero-order valence-corrected chi connectivity index (χ0v) is 15.2. The maximum absolute atomic E-state index is 13.0. The number of likely N-dealkylation sites (tertiary alicyclic amines) is 1. The molecule has 1 aromatic carbocycles. The smallest absolute Gasteiger partial charge is 0.261 e. The molecule has 0 spiro atoms. The number of unbranched alkanes of at least 4 members (excludes halogenated alkanes) is 2. The van der Waals surface area contributed by atoms with Gasteiger partial charge in [0.1, 0.15) is 6.04 Å². The Morgan fingerprint density at radius 3 is 2.24 bits per heavy atom. The van der Waals surface area contributed by atoms with Crippen molar-refractivity contribution in [3.8, 4) is 0 Å². The second-order valence-electron chi connectivity index (χ2n) is 6.52. The molecule has 5 heteroatoms. The highest BCUT2D eigenvalue weighted by atomic mass is 16.2. The molecule has 1 atom stereocenters. The Hall–Kier alpha value is -2.17. The van der Waals surface area contributed by atoms with Gasteiger partial charge in [-0.3, -0.25) is 19.3 Å². The molecule has 1 heterocycles. The van der Waals surface area contributed by atoms with Crippen LogP contribution in [0.3, 0.4) is 0 Å². The second-order valence-corrected chi connectivity index (χ2v) is 6.52. The van der Waals surface area contributed by atoms with E-state index >= 15 is 0 Å². The summed E-state index contributed by atoms with van der Waals surface area (Å²) in [5.41, 5.74) is 0.448. The van der Waals surface area contributed by atoms with E-state index in [0.717, 1.165) is 25.7 Å². The predicted octanol–water partition coefficient (Wildman–Crippen LogP) is 3.25. The third kappa shape index (κ3) is 4.68. The summed E-state index contributed by atoms with van der Waals surface area (Å²) in [5, 5.41) is 0. The van der Waals surface area contributed by atoms with Gasteiger partial charge in [-0.2, -0.15) is 0 Å². The number of benzene rings is 1. The van der Waals surface area contributed by atoms with Crippen LogP contribution in [0.5, 0.6) is 0 Å². The lowest BCUT2D eigenvalue weighted by molar-refractivity contribution is -0.139. The maximum atomic E-state index is 13.0. The Balaban J connectivity index is 2.17. The molecule has 1 aromatic rings.